The number of fused-ring (bicyclic) bond motifs is 12. The maximum atomic E-state index is 4.61. The van der Waals surface area contributed by atoms with Crippen LogP contribution in [-0.2, 0) is 27.5 Å². The van der Waals surface area contributed by atoms with Crippen molar-refractivity contribution >= 4 is 54.6 Å². The van der Waals surface area contributed by atoms with Gasteiger partial charge in [-0.05, 0) is 54.7 Å². The van der Waals surface area contributed by atoms with Crippen LogP contribution in [0, 0.1) is 31.9 Å². The number of rotatable bonds is 3. The zero-order valence-corrected chi connectivity index (χ0v) is 26.5. The number of para-hydroxylation sites is 1. The van der Waals surface area contributed by atoms with E-state index >= 15 is 0 Å². The minimum Gasteiger partial charge on any atom is -0.338 e. The van der Waals surface area contributed by atoms with Crippen LogP contribution < -0.4 is 0 Å². The quantitative estimate of drug-likeness (QED) is 0.135. The van der Waals surface area contributed by atoms with Crippen molar-refractivity contribution in [2.24, 2.45) is 5.92 Å². The van der Waals surface area contributed by atoms with Gasteiger partial charge in [0.2, 0.25) is 0 Å². The zero-order valence-electron chi connectivity index (χ0n) is 24.3. The molecule has 210 valence electrons. The summed E-state index contributed by atoms with van der Waals surface area (Å²) >= 11 is 0. The second kappa shape index (κ2) is 11.3. The first-order valence-electron chi connectivity index (χ1n) is 14.4. The largest absolute Gasteiger partial charge is 2.00 e. The number of nitrogens with zero attached hydrogens (tertiary/aromatic N) is 4. The van der Waals surface area contributed by atoms with Crippen LogP contribution >= 0.6 is 0 Å². The second-order valence-corrected chi connectivity index (χ2v) is 11.1. The molecule has 4 aromatic carbocycles. The molecule has 0 spiro atoms. The zero-order chi connectivity index (χ0) is 28.1. The van der Waals surface area contributed by atoms with E-state index in [1.165, 1.54) is 50.3 Å². The van der Waals surface area contributed by atoms with Gasteiger partial charge in [0.05, 0.1) is 11.3 Å². The van der Waals surface area contributed by atoms with Gasteiger partial charge in [-0.1, -0.05) is 61.4 Å². The topological polar surface area (TPSA) is 34.6 Å². The molecule has 0 aliphatic heterocycles. The Morgan fingerprint density at radius 2 is 1.24 bits per heavy atom. The second-order valence-electron chi connectivity index (χ2n) is 11.1. The molecule has 4 aromatic heterocycles. The predicted octanol–water partition coefficient (Wildman–Crippen LogP) is 9.08. The van der Waals surface area contributed by atoms with Gasteiger partial charge in [-0.2, -0.15) is 0 Å². The van der Waals surface area contributed by atoms with Crippen LogP contribution in [0.15, 0.2) is 91.3 Å². The third-order valence-electron chi connectivity index (χ3n) is 8.34. The molecule has 0 amide bonds. The van der Waals surface area contributed by atoms with E-state index in [1.54, 1.807) is 0 Å². The molecule has 0 aliphatic rings. The van der Waals surface area contributed by atoms with E-state index in [0.29, 0.717) is 5.92 Å². The summed E-state index contributed by atoms with van der Waals surface area (Å²) in [7, 11) is 0. The molecule has 1 atom stereocenters. The van der Waals surface area contributed by atoms with Crippen molar-refractivity contribution in [1.29, 1.82) is 0 Å². The van der Waals surface area contributed by atoms with Crippen LogP contribution in [0.1, 0.15) is 37.2 Å². The maximum Gasteiger partial charge on any atom is 2.00 e. The third-order valence-corrected chi connectivity index (χ3v) is 8.34. The van der Waals surface area contributed by atoms with Gasteiger partial charge < -0.3 is 8.80 Å². The Morgan fingerprint density at radius 1 is 0.690 bits per heavy atom. The molecule has 8 rings (SSSR count). The van der Waals surface area contributed by atoms with Gasteiger partial charge in [0.1, 0.15) is 0 Å². The SMILES string of the molecule is CCC(C)Cc1ccc2c(c1)c1ccc[c-]c1c1ncc(C)n21.Cc1cnc2c3[c-]cccc3c3ccccc3n12.[Pt+2]. The van der Waals surface area contributed by atoms with Gasteiger partial charge >= 0.3 is 21.1 Å². The number of benzene rings is 4. The minimum absolute atomic E-state index is 0. The van der Waals surface area contributed by atoms with E-state index in [0.717, 1.165) is 34.2 Å². The molecule has 0 saturated carbocycles. The fraction of sp³-hybridized carbons (Fsp3) is 0.189. The summed E-state index contributed by atoms with van der Waals surface area (Å²) in [5, 5.41) is 7.19. The third kappa shape index (κ3) is 4.59. The minimum atomic E-state index is 0. The van der Waals surface area contributed by atoms with Crippen molar-refractivity contribution < 1.29 is 21.1 Å². The van der Waals surface area contributed by atoms with Gasteiger partial charge in [-0.25, -0.2) is 0 Å². The van der Waals surface area contributed by atoms with Crippen molar-refractivity contribution in [3.05, 3.63) is 120 Å². The fourth-order valence-corrected chi connectivity index (χ4v) is 6.09. The summed E-state index contributed by atoms with van der Waals surface area (Å²) in [5.41, 5.74) is 8.15. The molecule has 5 heteroatoms. The average Bonchev–Trinajstić information content (AvgIpc) is 3.61. The van der Waals surface area contributed by atoms with E-state index in [1.807, 2.05) is 30.6 Å². The van der Waals surface area contributed by atoms with Gasteiger partial charge in [-0.15, -0.1) is 59.3 Å². The van der Waals surface area contributed by atoms with Crippen LogP contribution in [0.4, 0.5) is 0 Å². The smallest absolute Gasteiger partial charge is 0.338 e. The van der Waals surface area contributed by atoms with E-state index in [2.05, 4.69) is 119 Å². The van der Waals surface area contributed by atoms with Crippen molar-refractivity contribution in [1.82, 2.24) is 18.8 Å². The molecule has 4 heterocycles. The number of hydrogen-bond acceptors (Lipinski definition) is 2. The van der Waals surface area contributed by atoms with Crippen molar-refractivity contribution in [2.75, 3.05) is 0 Å². The van der Waals surface area contributed by atoms with E-state index in [9.17, 15) is 0 Å². The molecule has 8 aromatic rings. The van der Waals surface area contributed by atoms with Crippen LogP contribution in [0.5, 0.6) is 0 Å². The monoisotopic (exact) mass is 727 g/mol. The Morgan fingerprint density at radius 3 is 1.86 bits per heavy atom. The van der Waals surface area contributed by atoms with Crippen molar-refractivity contribution in [3.63, 3.8) is 0 Å². The average molecular weight is 728 g/mol. The molecule has 0 fully saturated rings. The molecular weight excluding hydrogens is 696 g/mol. The number of hydrogen-bond donors (Lipinski definition) is 0. The summed E-state index contributed by atoms with van der Waals surface area (Å²) in [6, 6.07) is 34.4. The maximum absolute atomic E-state index is 4.61. The first-order chi connectivity index (χ1) is 20.0. The standard InChI is InChI=1S/C21H21N2.C16H11N2.Pt/c1-4-14(2)11-16-9-10-20-19(12-16)17-7-5-6-8-18(17)21-22-13-15(3)23(20)21;1-11-10-17-16-14-8-3-2-6-12(14)13-7-4-5-9-15(13)18(11)16;/h5-7,9-10,12-14H,4,11H2,1-3H3;2-7,9-10H,1H3;/q2*-1;+2. The van der Waals surface area contributed by atoms with Gasteiger partial charge in [0.25, 0.3) is 0 Å². The molecule has 0 bridgehead atoms. The Balaban J connectivity index is 0.000000151. The number of aromatic nitrogens is 4. The molecule has 0 radical (unpaired) electrons. The molecule has 0 N–H and O–H groups in total. The summed E-state index contributed by atoms with van der Waals surface area (Å²) in [6.07, 6.45) is 6.21. The van der Waals surface area contributed by atoms with E-state index in [-0.39, 0.29) is 21.1 Å². The molecular formula is C37H32N4Pt. The van der Waals surface area contributed by atoms with Gasteiger partial charge in [-0.3, -0.25) is 9.97 Å². The number of pyridine rings is 2. The summed E-state index contributed by atoms with van der Waals surface area (Å²) in [5.74, 6) is 0.712. The van der Waals surface area contributed by atoms with Crippen LogP contribution in [0.2, 0.25) is 0 Å². The molecule has 42 heavy (non-hydrogen) atoms. The molecule has 4 nitrogen and oxygen atoms in total. The Bertz CT molecular complexity index is 2220. The van der Waals surface area contributed by atoms with Crippen molar-refractivity contribution in [2.45, 2.75) is 40.5 Å². The Hall–Kier alpha value is -4.01. The summed E-state index contributed by atoms with van der Waals surface area (Å²) in [4.78, 5) is 9.14. The molecule has 0 aliphatic carbocycles. The summed E-state index contributed by atoms with van der Waals surface area (Å²) in [6.45, 7) is 8.77. The predicted molar refractivity (Wildman–Crippen MR) is 171 cm³/mol. The van der Waals surface area contributed by atoms with Gasteiger partial charge in [0.15, 0.2) is 0 Å². The number of imidazole rings is 2. The molecule has 0 saturated heterocycles. The fourth-order valence-electron chi connectivity index (χ4n) is 6.09. The van der Waals surface area contributed by atoms with Gasteiger partial charge in [0, 0.05) is 34.8 Å². The first-order valence-corrected chi connectivity index (χ1v) is 14.4. The van der Waals surface area contributed by atoms with Crippen LogP contribution in [0.3, 0.4) is 0 Å². The van der Waals surface area contributed by atoms with Crippen molar-refractivity contribution in [3.8, 4) is 0 Å². The normalized spacial score (nSPS) is 12.2. The van der Waals surface area contributed by atoms with E-state index in [4.69, 9.17) is 0 Å². The Kier molecular flexibility index (Phi) is 7.60. The van der Waals surface area contributed by atoms with E-state index < -0.39 is 0 Å². The van der Waals surface area contributed by atoms with Crippen LogP contribution in [0.25, 0.3) is 54.6 Å². The van der Waals surface area contributed by atoms with Crippen LogP contribution in [-0.4, -0.2) is 18.8 Å². The Labute approximate surface area is 260 Å². The summed E-state index contributed by atoms with van der Waals surface area (Å²) < 4.78 is 4.45. The first kappa shape index (κ1) is 28.1. The number of aryl methyl sites for hydroxylation is 2. The molecule has 1 unspecified atom stereocenters.